The van der Waals surface area contributed by atoms with Crippen molar-refractivity contribution < 1.29 is 4.74 Å². The Morgan fingerprint density at radius 3 is 2.71 bits per heavy atom. The third-order valence-corrected chi connectivity index (χ3v) is 2.28. The fourth-order valence-corrected chi connectivity index (χ4v) is 1.34. The van der Waals surface area contributed by atoms with Crippen LogP contribution in [-0.2, 0) is 0 Å². The SMILES string of the molecule is C=CCCCOc1ccc(C#CCCC)cc1. The van der Waals surface area contributed by atoms with E-state index in [0.29, 0.717) is 0 Å². The fourth-order valence-electron chi connectivity index (χ4n) is 1.34. The molecule has 0 aromatic heterocycles. The normalized spacial score (nSPS) is 9.24. The minimum atomic E-state index is 0.743. The van der Waals surface area contributed by atoms with Crippen LogP contribution in [0.5, 0.6) is 5.75 Å². The van der Waals surface area contributed by atoms with Crippen LogP contribution < -0.4 is 4.74 Å². The van der Waals surface area contributed by atoms with Gasteiger partial charge in [-0.25, -0.2) is 0 Å². The molecular weight excluding hydrogens is 208 g/mol. The quantitative estimate of drug-likeness (QED) is 0.403. The molecule has 0 radical (unpaired) electrons. The first-order valence-corrected chi connectivity index (χ1v) is 6.19. The van der Waals surface area contributed by atoms with E-state index < -0.39 is 0 Å². The lowest BCUT2D eigenvalue weighted by Gasteiger charge is -2.04. The Morgan fingerprint density at radius 1 is 1.29 bits per heavy atom. The second-order valence-corrected chi connectivity index (χ2v) is 3.86. The van der Waals surface area contributed by atoms with Crippen LogP contribution in [0.2, 0.25) is 0 Å². The van der Waals surface area contributed by atoms with Crippen molar-refractivity contribution >= 4 is 0 Å². The highest BCUT2D eigenvalue weighted by molar-refractivity contribution is 5.38. The summed E-state index contributed by atoms with van der Waals surface area (Å²) >= 11 is 0. The number of benzene rings is 1. The topological polar surface area (TPSA) is 9.23 Å². The summed E-state index contributed by atoms with van der Waals surface area (Å²) in [5.74, 6) is 7.17. The third-order valence-electron chi connectivity index (χ3n) is 2.28. The monoisotopic (exact) mass is 228 g/mol. The Morgan fingerprint density at radius 2 is 2.06 bits per heavy atom. The number of rotatable bonds is 6. The van der Waals surface area contributed by atoms with Crippen molar-refractivity contribution in [1.29, 1.82) is 0 Å². The molecule has 1 aromatic carbocycles. The van der Waals surface area contributed by atoms with Gasteiger partial charge in [-0.3, -0.25) is 0 Å². The van der Waals surface area contributed by atoms with Crippen LogP contribution in [0.25, 0.3) is 0 Å². The summed E-state index contributed by atoms with van der Waals surface area (Å²) in [4.78, 5) is 0. The molecule has 17 heavy (non-hydrogen) atoms. The molecule has 0 fully saturated rings. The van der Waals surface area contributed by atoms with Crippen LogP contribution >= 0.6 is 0 Å². The van der Waals surface area contributed by atoms with E-state index in [9.17, 15) is 0 Å². The molecule has 90 valence electrons. The summed E-state index contributed by atoms with van der Waals surface area (Å²) in [6, 6.07) is 7.96. The highest BCUT2D eigenvalue weighted by Crippen LogP contribution is 2.12. The molecule has 0 aliphatic rings. The zero-order valence-corrected chi connectivity index (χ0v) is 10.5. The number of unbranched alkanes of at least 4 members (excludes halogenated alkanes) is 2. The Balaban J connectivity index is 2.40. The van der Waals surface area contributed by atoms with Crippen molar-refractivity contribution in [2.24, 2.45) is 0 Å². The van der Waals surface area contributed by atoms with E-state index in [1.807, 2.05) is 30.3 Å². The average molecular weight is 228 g/mol. The average Bonchev–Trinajstić information content (AvgIpc) is 2.37. The highest BCUT2D eigenvalue weighted by Gasteiger charge is 1.93. The van der Waals surface area contributed by atoms with E-state index in [4.69, 9.17) is 4.74 Å². The number of hydrogen-bond acceptors (Lipinski definition) is 1. The van der Waals surface area contributed by atoms with Gasteiger partial charge >= 0.3 is 0 Å². The van der Waals surface area contributed by atoms with E-state index in [1.165, 1.54) is 0 Å². The van der Waals surface area contributed by atoms with Crippen molar-refractivity contribution in [2.75, 3.05) is 6.61 Å². The molecule has 0 spiro atoms. The third kappa shape index (κ3) is 5.82. The predicted octanol–water partition coefficient (Wildman–Crippen LogP) is 4.18. The summed E-state index contributed by atoms with van der Waals surface area (Å²) < 4.78 is 5.59. The largest absolute Gasteiger partial charge is 0.494 e. The van der Waals surface area contributed by atoms with Gasteiger partial charge < -0.3 is 4.74 Å². The van der Waals surface area contributed by atoms with Crippen LogP contribution in [0.4, 0.5) is 0 Å². The first-order chi connectivity index (χ1) is 8.36. The molecule has 1 nitrogen and oxygen atoms in total. The molecule has 0 heterocycles. The molecule has 0 aliphatic heterocycles. The predicted molar refractivity (Wildman–Crippen MR) is 73.2 cm³/mol. The van der Waals surface area contributed by atoms with E-state index in [1.54, 1.807) is 0 Å². The molecule has 1 heteroatoms. The van der Waals surface area contributed by atoms with Gasteiger partial charge in [-0.2, -0.15) is 0 Å². The van der Waals surface area contributed by atoms with Crippen molar-refractivity contribution in [1.82, 2.24) is 0 Å². The second-order valence-electron chi connectivity index (χ2n) is 3.86. The lowest BCUT2D eigenvalue weighted by molar-refractivity contribution is 0.312. The Kier molecular flexibility index (Phi) is 6.67. The van der Waals surface area contributed by atoms with Crippen molar-refractivity contribution in [3.63, 3.8) is 0 Å². The van der Waals surface area contributed by atoms with Gasteiger partial charge in [0.15, 0.2) is 0 Å². The van der Waals surface area contributed by atoms with Crippen molar-refractivity contribution in [3.8, 4) is 17.6 Å². The number of hydrogen-bond donors (Lipinski definition) is 0. The van der Waals surface area contributed by atoms with E-state index in [0.717, 1.165) is 43.6 Å². The minimum absolute atomic E-state index is 0.743. The second kappa shape index (κ2) is 8.47. The van der Waals surface area contributed by atoms with Gasteiger partial charge in [-0.05, 0) is 43.5 Å². The summed E-state index contributed by atoms with van der Waals surface area (Å²) in [5, 5.41) is 0. The van der Waals surface area contributed by atoms with Gasteiger partial charge in [0.2, 0.25) is 0 Å². The molecule has 1 rings (SSSR count). The van der Waals surface area contributed by atoms with Gasteiger partial charge in [-0.15, -0.1) is 6.58 Å². The van der Waals surface area contributed by atoms with E-state index in [-0.39, 0.29) is 0 Å². The molecule has 0 aliphatic carbocycles. The van der Waals surface area contributed by atoms with Gasteiger partial charge in [0.25, 0.3) is 0 Å². The van der Waals surface area contributed by atoms with Crippen molar-refractivity contribution in [3.05, 3.63) is 42.5 Å². The van der Waals surface area contributed by atoms with Gasteiger partial charge in [0, 0.05) is 12.0 Å². The molecule has 0 saturated heterocycles. The van der Waals surface area contributed by atoms with E-state index >= 15 is 0 Å². The lowest BCUT2D eigenvalue weighted by Crippen LogP contribution is -1.96. The zero-order valence-electron chi connectivity index (χ0n) is 10.5. The molecule has 1 aromatic rings. The minimum Gasteiger partial charge on any atom is -0.494 e. The van der Waals surface area contributed by atoms with Gasteiger partial charge in [0.05, 0.1) is 6.61 Å². The molecule has 0 unspecified atom stereocenters. The fraction of sp³-hybridized carbons (Fsp3) is 0.375. The van der Waals surface area contributed by atoms with E-state index in [2.05, 4.69) is 25.3 Å². The maximum Gasteiger partial charge on any atom is 0.119 e. The molecule has 0 bridgehead atoms. The smallest absolute Gasteiger partial charge is 0.119 e. The highest BCUT2D eigenvalue weighted by atomic mass is 16.5. The number of ether oxygens (including phenoxy) is 1. The first kappa shape index (κ1) is 13.4. The maximum atomic E-state index is 5.59. The van der Waals surface area contributed by atoms with Crippen LogP contribution in [0, 0.1) is 11.8 Å². The Hall–Kier alpha value is -1.68. The Labute approximate surface area is 105 Å². The molecule has 0 N–H and O–H groups in total. The van der Waals surface area contributed by atoms with Crippen LogP contribution in [0.3, 0.4) is 0 Å². The van der Waals surface area contributed by atoms with Crippen LogP contribution in [0.1, 0.15) is 38.2 Å². The molecule has 0 saturated carbocycles. The number of allylic oxidation sites excluding steroid dienone is 1. The molecule has 0 atom stereocenters. The first-order valence-electron chi connectivity index (χ1n) is 6.19. The van der Waals surface area contributed by atoms with Gasteiger partial charge in [-0.1, -0.05) is 24.8 Å². The molecular formula is C16H20O. The summed E-state index contributed by atoms with van der Waals surface area (Å²) in [7, 11) is 0. The van der Waals surface area contributed by atoms with Crippen LogP contribution in [0.15, 0.2) is 36.9 Å². The molecule has 0 amide bonds. The van der Waals surface area contributed by atoms with Gasteiger partial charge in [0.1, 0.15) is 5.75 Å². The standard InChI is InChI=1S/C16H20O/c1-3-5-7-9-15-10-12-16(13-11-15)17-14-8-6-4-2/h4,10-13H,2-3,5-6,8,14H2,1H3. The maximum absolute atomic E-state index is 5.59. The summed E-state index contributed by atoms with van der Waals surface area (Å²) in [6.45, 7) is 6.56. The lowest BCUT2D eigenvalue weighted by atomic mass is 10.2. The zero-order chi connectivity index (χ0) is 12.3. The van der Waals surface area contributed by atoms with Crippen molar-refractivity contribution in [2.45, 2.75) is 32.6 Å². The summed E-state index contributed by atoms with van der Waals surface area (Å²) in [5.41, 5.74) is 1.05. The van der Waals surface area contributed by atoms with Crippen LogP contribution in [-0.4, -0.2) is 6.61 Å². The Bertz CT molecular complexity index is 378. The summed E-state index contributed by atoms with van der Waals surface area (Å²) in [6.07, 6.45) is 6.00.